The number of hydrogen-bond donors (Lipinski definition) is 2. The molecule has 206 valence electrons. The molecule has 1 heterocycles. The monoisotopic (exact) mass is 528 g/mol. The number of benzene rings is 3. The van der Waals surface area contributed by atoms with Gasteiger partial charge in [-0.15, -0.1) is 0 Å². The molecule has 0 saturated heterocycles. The molecule has 0 spiro atoms. The van der Waals surface area contributed by atoms with E-state index in [1.165, 1.54) is 5.56 Å². The highest BCUT2D eigenvalue weighted by Crippen LogP contribution is 2.29. The number of amides is 1. The van der Waals surface area contributed by atoms with Crippen molar-refractivity contribution in [2.75, 3.05) is 6.61 Å². The van der Waals surface area contributed by atoms with Gasteiger partial charge in [-0.1, -0.05) is 58.0 Å². The average molecular weight is 529 g/mol. The van der Waals surface area contributed by atoms with Gasteiger partial charge in [0.15, 0.2) is 6.61 Å². The van der Waals surface area contributed by atoms with Gasteiger partial charge in [0.2, 0.25) is 0 Å². The zero-order valence-corrected chi connectivity index (χ0v) is 24.1. The average Bonchev–Trinajstić information content (AvgIpc) is 3.17. The van der Waals surface area contributed by atoms with E-state index in [0.29, 0.717) is 30.3 Å². The Bertz CT molecular complexity index is 1470. The van der Waals surface area contributed by atoms with Crippen LogP contribution >= 0.6 is 0 Å². The summed E-state index contributed by atoms with van der Waals surface area (Å²) < 4.78 is 7.61. The van der Waals surface area contributed by atoms with Gasteiger partial charge in [0, 0.05) is 35.2 Å². The van der Waals surface area contributed by atoms with Gasteiger partial charge >= 0.3 is 5.97 Å². The van der Waals surface area contributed by atoms with Gasteiger partial charge in [-0.25, -0.2) is 4.79 Å². The Morgan fingerprint density at radius 2 is 1.72 bits per heavy atom. The molecule has 3 aromatic carbocycles. The lowest BCUT2D eigenvalue weighted by molar-refractivity contribution is -0.139. The standard InChI is InChI=1S/C31H34N2O4.C2H6/c1-19(2)24-8-6-7-23(13-24)16-32-31(36)25-10-12-29-28(15-25)21(4)22(5)33(29)17-26-14-27(11-9-20(26)3)37-18-30(34)35;1-2/h6-15,19H,16-18H2,1-5H3,(H,32,36)(H,34,35);1-2H3. The number of carbonyl (C=O) groups is 2. The summed E-state index contributed by atoms with van der Waals surface area (Å²) in [6, 6.07) is 19.8. The third-order valence-electron chi connectivity index (χ3n) is 6.98. The van der Waals surface area contributed by atoms with Gasteiger partial charge in [0.1, 0.15) is 5.75 Å². The molecule has 0 atom stereocenters. The smallest absolute Gasteiger partial charge is 0.341 e. The molecule has 6 heteroatoms. The van der Waals surface area contributed by atoms with E-state index < -0.39 is 5.97 Å². The highest BCUT2D eigenvalue weighted by molar-refractivity contribution is 5.99. The molecule has 4 aromatic rings. The van der Waals surface area contributed by atoms with Crippen molar-refractivity contribution in [3.63, 3.8) is 0 Å². The fourth-order valence-electron chi connectivity index (χ4n) is 4.56. The second-order valence-electron chi connectivity index (χ2n) is 9.88. The first-order valence-corrected chi connectivity index (χ1v) is 13.5. The minimum atomic E-state index is -1.01. The number of carboxylic acid groups (broad SMARTS) is 1. The molecular formula is C33H40N2O4. The van der Waals surface area contributed by atoms with Gasteiger partial charge in [-0.3, -0.25) is 4.79 Å². The van der Waals surface area contributed by atoms with Crippen molar-refractivity contribution in [3.8, 4) is 5.75 Å². The van der Waals surface area contributed by atoms with E-state index in [0.717, 1.165) is 38.9 Å². The molecule has 2 N–H and O–H groups in total. The predicted molar refractivity (Wildman–Crippen MR) is 158 cm³/mol. The number of ether oxygens (including phenoxy) is 1. The van der Waals surface area contributed by atoms with E-state index in [9.17, 15) is 9.59 Å². The number of carboxylic acids is 1. The van der Waals surface area contributed by atoms with E-state index in [2.05, 4.69) is 49.7 Å². The molecular weight excluding hydrogens is 488 g/mol. The Morgan fingerprint density at radius 3 is 2.41 bits per heavy atom. The van der Waals surface area contributed by atoms with E-state index in [4.69, 9.17) is 9.84 Å². The summed E-state index contributed by atoms with van der Waals surface area (Å²) in [5, 5.41) is 13.0. The molecule has 1 amide bonds. The summed E-state index contributed by atoms with van der Waals surface area (Å²) in [6.07, 6.45) is 0. The third kappa shape index (κ3) is 7.08. The number of nitrogens with zero attached hydrogens (tertiary/aromatic N) is 1. The van der Waals surface area contributed by atoms with Crippen molar-refractivity contribution in [2.24, 2.45) is 0 Å². The van der Waals surface area contributed by atoms with Crippen LogP contribution in [-0.4, -0.2) is 28.2 Å². The molecule has 1 aromatic heterocycles. The molecule has 4 rings (SSSR count). The Kier molecular flexibility index (Phi) is 9.94. The van der Waals surface area contributed by atoms with Crippen LogP contribution in [0.3, 0.4) is 0 Å². The lowest BCUT2D eigenvalue weighted by atomic mass is 10.0. The maximum absolute atomic E-state index is 13.0. The van der Waals surface area contributed by atoms with Crippen LogP contribution in [0.15, 0.2) is 60.7 Å². The van der Waals surface area contributed by atoms with Crippen LogP contribution in [0.2, 0.25) is 0 Å². The predicted octanol–water partition coefficient (Wildman–Crippen LogP) is 7.16. The first-order valence-electron chi connectivity index (χ1n) is 13.5. The van der Waals surface area contributed by atoms with E-state index in [1.807, 2.05) is 63.2 Å². The second kappa shape index (κ2) is 13.1. The summed E-state index contributed by atoms with van der Waals surface area (Å²) in [7, 11) is 0. The summed E-state index contributed by atoms with van der Waals surface area (Å²) in [5.41, 5.74) is 8.42. The Balaban J connectivity index is 0.00000205. The fraction of sp³-hybridized carbons (Fsp3) is 0.333. The quantitative estimate of drug-likeness (QED) is 0.242. The van der Waals surface area contributed by atoms with Crippen molar-refractivity contribution in [2.45, 2.75) is 67.5 Å². The number of hydrogen-bond acceptors (Lipinski definition) is 3. The van der Waals surface area contributed by atoms with Crippen LogP contribution < -0.4 is 10.1 Å². The molecule has 0 saturated carbocycles. The number of fused-ring (bicyclic) bond motifs is 1. The second-order valence-corrected chi connectivity index (χ2v) is 9.88. The molecule has 0 aliphatic heterocycles. The number of carbonyl (C=O) groups excluding carboxylic acids is 1. The molecule has 6 nitrogen and oxygen atoms in total. The summed E-state index contributed by atoms with van der Waals surface area (Å²) >= 11 is 0. The minimum Gasteiger partial charge on any atom is -0.482 e. The molecule has 39 heavy (non-hydrogen) atoms. The normalized spacial score (nSPS) is 10.8. The Labute approximate surface area is 231 Å². The molecule has 0 bridgehead atoms. The molecule has 0 fully saturated rings. The number of nitrogens with one attached hydrogen (secondary N) is 1. The topological polar surface area (TPSA) is 80.6 Å². The fourth-order valence-corrected chi connectivity index (χ4v) is 4.56. The number of aryl methyl sites for hydroxylation is 2. The Hall–Kier alpha value is -4.06. The van der Waals surface area contributed by atoms with Gasteiger partial charge in [0.05, 0.1) is 0 Å². The van der Waals surface area contributed by atoms with Crippen LogP contribution in [0.4, 0.5) is 0 Å². The highest BCUT2D eigenvalue weighted by Gasteiger charge is 2.15. The summed E-state index contributed by atoms with van der Waals surface area (Å²) in [6.45, 7) is 15.2. The number of aliphatic carboxylic acids is 1. The van der Waals surface area contributed by atoms with E-state index in [-0.39, 0.29) is 12.5 Å². The Morgan fingerprint density at radius 1 is 0.974 bits per heavy atom. The highest BCUT2D eigenvalue weighted by atomic mass is 16.5. The lowest BCUT2D eigenvalue weighted by Gasteiger charge is -2.13. The van der Waals surface area contributed by atoms with Crippen molar-refractivity contribution in [3.05, 3.63) is 99.7 Å². The summed E-state index contributed by atoms with van der Waals surface area (Å²) in [5.74, 6) is -0.127. The van der Waals surface area contributed by atoms with Crippen LogP contribution in [0.5, 0.6) is 5.75 Å². The lowest BCUT2D eigenvalue weighted by Crippen LogP contribution is -2.22. The van der Waals surface area contributed by atoms with Gasteiger partial charge in [-0.2, -0.15) is 0 Å². The zero-order valence-electron chi connectivity index (χ0n) is 24.1. The minimum absolute atomic E-state index is 0.0965. The van der Waals surface area contributed by atoms with Gasteiger partial charge in [-0.05, 0) is 84.8 Å². The first-order chi connectivity index (χ1) is 18.6. The maximum Gasteiger partial charge on any atom is 0.341 e. The zero-order chi connectivity index (χ0) is 28.7. The number of aromatic nitrogens is 1. The maximum atomic E-state index is 13.0. The van der Waals surface area contributed by atoms with E-state index >= 15 is 0 Å². The van der Waals surface area contributed by atoms with Crippen LogP contribution in [0.25, 0.3) is 10.9 Å². The van der Waals surface area contributed by atoms with Crippen molar-refractivity contribution < 1.29 is 19.4 Å². The molecule has 0 radical (unpaired) electrons. The van der Waals surface area contributed by atoms with Crippen LogP contribution in [0, 0.1) is 20.8 Å². The largest absolute Gasteiger partial charge is 0.482 e. The van der Waals surface area contributed by atoms with Gasteiger partial charge < -0.3 is 19.7 Å². The van der Waals surface area contributed by atoms with Crippen LogP contribution in [0.1, 0.15) is 77.5 Å². The van der Waals surface area contributed by atoms with Crippen molar-refractivity contribution in [1.82, 2.24) is 9.88 Å². The SMILES string of the molecule is CC.Cc1ccc(OCC(=O)O)cc1Cn1c(C)c(C)c2cc(C(=O)NCc3cccc(C(C)C)c3)ccc21. The summed E-state index contributed by atoms with van der Waals surface area (Å²) in [4.78, 5) is 23.9. The molecule has 0 aliphatic carbocycles. The van der Waals surface area contributed by atoms with Crippen molar-refractivity contribution >= 4 is 22.8 Å². The first kappa shape index (κ1) is 29.5. The van der Waals surface area contributed by atoms with Gasteiger partial charge in [0.25, 0.3) is 5.91 Å². The van der Waals surface area contributed by atoms with E-state index in [1.54, 1.807) is 6.07 Å². The number of rotatable bonds is 9. The van der Waals surface area contributed by atoms with Crippen LogP contribution in [-0.2, 0) is 17.9 Å². The third-order valence-corrected chi connectivity index (χ3v) is 6.98. The molecule has 0 unspecified atom stereocenters. The molecule has 0 aliphatic rings. The van der Waals surface area contributed by atoms with Crippen molar-refractivity contribution in [1.29, 1.82) is 0 Å².